The highest BCUT2D eigenvalue weighted by molar-refractivity contribution is 7.99. The highest BCUT2D eigenvalue weighted by atomic mass is 32.2. The van der Waals surface area contributed by atoms with Crippen molar-refractivity contribution in [1.29, 1.82) is 0 Å². The number of rotatable bonds is 8. The van der Waals surface area contributed by atoms with Crippen molar-refractivity contribution in [2.75, 3.05) is 24.7 Å². The molecule has 0 bridgehead atoms. The maximum atomic E-state index is 10.8. The number of thioether (sulfide) groups is 1. The van der Waals surface area contributed by atoms with Crippen molar-refractivity contribution in [3.05, 3.63) is 28.8 Å². The Hall–Kier alpha value is -0.670. The highest BCUT2D eigenvalue weighted by Gasteiger charge is 2.26. The summed E-state index contributed by atoms with van der Waals surface area (Å²) in [5.41, 5.74) is 3.37. The van der Waals surface area contributed by atoms with Gasteiger partial charge in [0.05, 0.1) is 6.61 Å². The molecular weight excluding hydrogens is 316 g/mol. The van der Waals surface area contributed by atoms with E-state index < -0.39 is 0 Å². The Bertz CT molecular complexity index is 475. The molecule has 3 heteroatoms. The van der Waals surface area contributed by atoms with E-state index in [2.05, 4.69) is 53.7 Å². The molecule has 0 atom stereocenters. The first-order valence-corrected chi connectivity index (χ1v) is 10.2. The van der Waals surface area contributed by atoms with Crippen LogP contribution in [0.25, 0.3) is 0 Å². The van der Waals surface area contributed by atoms with Crippen LogP contribution in [0, 0.1) is 0 Å². The topological polar surface area (TPSA) is 29.5 Å². The minimum absolute atomic E-state index is 0.0493. The van der Waals surface area contributed by atoms with Crippen LogP contribution in [0.3, 0.4) is 0 Å². The summed E-state index contributed by atoms with van der Waals surface area (Å²) in [5.74, 6) is 2.71. The molecule has 1 rings (SSSR count). The van der Waals surface area contributed by atoms with E-state index in [-0.39, 0.29) is 10.8 Å². The second-order valence-electron chi connectivity index (χ2n) is 8.45. The quantitative estimate of drug-likeness (QED) is 0.609. The van der Waals surface area contributed by atoms with Gasteiger partial charge in [-0.1, -0.05) is 53.7 Å². The molecule has 24 heavy (non-hydrogen) atoms. The summed E-state index contributed by atoms with van der Waals surface area (Å²) >= 11 is 1.96. The summed E-state index contributed by atoms with van der Waals surface area (Å²) in [6, 6.07) is 4.41. The third kappa shape index (κ3) is 6.68. The van der Waals surface area contributed by atoms with Gasteiger partial charge in [0.25, 0.3) is 0 Å². The molecule has 0 aliphatic heterocycles. The molecule has 2 nitrogen and oxygen atoms in total. The van der Waals surface area contributed by atoms with Gasteiger partial charge < -0.3 is 9.84 Å². The van der Waals surface area contributed by atoms with Gasteiger partial charge in [0, 0.05) is 12.4 Å². The predicted octanol–water partition coefficient (Wildman–Crippen LogP) is 5.69. The van der Waals surface area contributed by atoms with Crippen LogP contribution < -0.4 is 0 Å². The maximum absolute atomic E-state index is 10.8. The Balaban J connectivity index is 2.80. The van der Waals surface area contributed by atoms with Crippen LogP contribution in [0.1, 0.15) is 71.6 Å². The zero-order chi connectivity index (χ0) is 18.4. The van der Waals surface area contributed by atoms with Crippen molar-refractivity contribution in [2.45, 2.75) is 72.1 Å². The van der Waals surface area contributed by atoms with Gasteiger partial charge in [-0.2, -0.15) is 11.8 Å². The number of ether oxygens (including phenoxy) is 1. The minimum Gasteiger partial charge on any atom is -0.507 e. The number of benzene rings is 1. The largest absolute Gasteiger partial charge is 0.507 e. The van der Waals surface area contributed by atoms with Crippen molar-refractivity contribution >= 4 is 11.8 Å². The number of aromatic hydroxyl groups is 1. The van der Waals surface area contributed by atoms with Gasteiger partial charge in [-0.25, -0.2) is 0 Å². The molecule has 0 heterocycles. The van der Waals surface area contributed by atoms with Crippen molar-refractivity contribution in [3.8, 4) is 5.75 Å². The van der Waals surface area contributed by atoms with E-state index in [0.717, 1.165) is 48.7 Å². The molecule has 0 radical (unpaired) electrons. The van der Waals surface area contributed by atoms with Crippen molar-refractivity contribution < 1.29 is 9.84 Å². The van der Waals surface area contributed by atoms with Gasteiger partial charge in [0.2, 0.25) is 0 Å². The Kier molecular flexibility index (Phi) is 8.14. The van der Waals surface area contributed by atoms with E-state index in [9.17, 15) is 5.11 Å². The first kappa shape index (κ1) is 21.4. The molecule has 0 unspecified atom stereocenters. The lowest BCUT2D eigenvalue weighted by Gasteiger charge is -2.28. The molecule has 0 amide bonds. The first-order chi connectivity index (χ1) is 11.1. The van der Waals surface area contributed by atoms with E-state index in [0.29, 0.717) is 5.75 Å². The number of aryl methyl sites for hydroxylation is 1. The lowest BCUT2D eigenvalue weighted by atomic mass is 9.78. The van der Waals surface area contributed by atoms with Gasteiger partial charge >= 0.3 is 0 Å². The van der Waals surface area contributed by atoms with Gasteiger partial charge in [-0.15, -0.1) is 0 Å². The molecule has 1 aromatic rings. The van der Waals surface area contributed by atoms with E-state index in [1.54, 1.807) is 0 Å². The lowest BCUT2D eigenvalue weighted by molar-refractivity contribution is 0.164. The van der Waals surface area contributed by atoms with E-state index in [1.807, 2.05) is 18.7 Å². The van der Waals surface area contributed by atoms with Crippen LogP contribution in [0.5, 0.6) is 5.75 Å². The van der Waals surface area contributed by atoms with Gasteiger partial charge in [0.1, 0.15) is 5.75 Å². The average molecular weight is 353 g/mol. The summed E-state index contributed by atoms with van der Waals surface area (Å²) in [6.45, 7) is 16.7. The Morgan fingerprint density at radius 2 is 1.50 bits per heavy atom. The average Bonchev–Trinajstić information content (AvgIpc) is 2.45. The SMILES string of the molecule is CCOCCSCCCc1cc(C(C)(C)C)c(O)c(C(C)(C)C)c1. The number of hydrogen-bond acceptors (Lipinski definition) is 3. The van der Waals surface area contributed by atoms with E-state index >= 15 is 0 Å². The molecule has 0 saturated carbocycles. The number of hydrogen-bond donors (Lipinski definition) is 1. The molecule has 0 aliphatic rings. The fourth-order valence-corrected chi connectivity index (χ4v) is 3.51. The molecular formula is C21H36O2S. The van der Waals surface area contributed by atoms with Crippen molar-refractivity contribution in [3.63, 3.8) is 0 Å². The minimum atomic E-state index is -0.0493. The maximum Gasteiger partial charge on any atom is 0.123 e. The van der Waals surface area contributed by atoms with E-state index in [4.69, 9.17) is 4.74 Å². The second-order valence-corrected chi connectivity index (χ2v) is 9.68. The Morgan fingerprint density at radius 3 is 1.96 bits per heavy atom. The molecule has 138 valence electrons. The molecule has 0 fully saturated rings. The first-order valence-electron chi connectivity index (χ1n) is 9.09. The fraction of sp³-hybridized carbons (Fsp3) is 0.714. The molecule has 1 aromatic carbocycles. The third-order valence-electron chi connectivity index (χ3n) is 4.12. The summed E-state index contributed by atoms with van der Waals surface area (Å²) in [5, 5.41) is 10.8. The van der Waals surface area contributed by atoms with E-state index in [1.165, 1.54) is 5.56 Å². The smallest absolute Gasteiger partial charge is 0.123 e. The summed E-state index contributed by atoms with van der Waals surface area (Å²) in [6.07, 6.45) is 2.23. The molecule has 0 saturated heterocycles. The zero-order valence-corrected chi connectivity index (χ0v) is 17.5. The number of phenolic OH excluding ortho intramolecular Hbond substituents is 1. The Morgan fingerprint density at radius 1 is 0.958 bits per heavy atom. The zero-order valence-electron chi connectivity index (χ0n) is 16.7. The fourth-order valence-electron chi connectivity index (χ4n) is 2.72. The van der Waals surface area contributed by atoms with Crippen LogP contribution in [-0.2, 0) is 22.0 Å². The molecule has 1 N–H and O–H groups in total. The normalized spacial score (nSPS) is 12.6. The van der Waals surface area contributed by atoms with Gasteiger partial charge in [-0.05, 0) is 53.0 Å². The standard InChI is InChI=1S/C21H36O2S/c1-8-23-11-13-24-12-9-10-16-14-17(20(2,3)4)19(22)18(15-16)21(5,6)7/h14-15,22H,8-13H2,1-7H3. The highest BCUT2D eigenvalue weighted by Crippen LogP contribution is 2.40. The molecule has 0 aromatic heterocycles. The summed E-state index contributed by atoms with van der Waals surface area (Å²) < 4.78 is 5.37. The summed E-state index contributed by atoms with van der Waals surface area (Å²) in [7, 11) is 0. The molecule has 0 spiro atoms. The van der Waals surface area contributed by atoms with Gasteiger partial charge in [-0.3, -0.25) is 0 Å². The lowest BCUT2D eigenvalue weighted by Crippen LogP contribution is -2.18. The molecule has 0 aliphatic carbocycles. The van der Waals surface area contributed by atoms with Crippen LogP contribution in [0.2, 0.25) is 0 Å². The third-order valence-corrected chi connectivity index (χ3v) is 5.15. The summed E-state index contributed by atoms with van der Waals surface area (Å²) in [4.78, 5) is 0. The van der Waals surface area contributed by atoms with Crippen molar-refractivity contribution in [2.24, 2.45) is 0 Å². The van der Waals surface area contributed by atoms with Crippen molar-refractivity contribution in [1.82, 2.24) is 0 Å². The predicted molar refractivity (Wildman–Crippen MR) is 108 cm³/mol. The number of phenols is 1. The van der Waals surface area contributed by atoms with Crippen LogP contribution in [0.15, 0.2) is 12.1 Å². The monoisotopic (exact) mass is 352 g/mol. The van der Waals surface area contributed by atoms with Crippen LogP contribution in [-0.4, -0.2) is 29.8 Å². The second kappa shape index (κ2) is 9.15. The van der Waals surface area contributed by atoms with Crippen LogP contribution in [0.4, 0.5) is 0 Å². The Labute approximate surface area is 153 Å². The van der Waals surface area contributed by atoms with Gasteiger partial charge in [0.15, 0.2) is 0 Å². The van der Waals surface area contributed by atoms with Crippen LogP contribution >= 0.6 is 11.8 Å².